The van der Waals surface area contributed by atoms with Gasteiger partial charge in [0, 0.05) is 17.2 Å². The van der Waals surface area contributed by atoms with Gasteiger partial charge in [-0.1, -0.05) is 43.3 Å². The van der Waals surface area contributed by atoms with Crippen LogP contribution in [0.4, 0.5) is 0 Å². The molecule has 3 nitrogen and oxygen atoms in total. The van der Waals surface area contributed by atoms with E-state index in [9.17, 15) is 9.59 Å². The Labute approximate surface area is 142 Å². The Morgan fingerprint density at radius 2 is 1.67 bits per heavy atom. The van der Waals surface area contributed by atoms with Crippen LogP contribution in [0.1, 0.15) is 58.2 Å². The Morgan fingerprint density at radius 3 is 2.33 bits per heavy atom. The highest BCUT2D eigenvalue weighted by Gasteiger charge is 2.24. The van der Waals surface area contributed by atoms with Gasteiger partial charge in [-0.15, -0.1) is 0 Å². The van der Waals surface area contributed by atoms with E-state index >= 15 is 0 Å². The molecule has 0 bridgehead atoms. The van der Waals surface area contributed by atoms with Crippen LogP contribution in [0.5, 0.6) is 0 Å². The van der Waals surface area contributed by atoms with Gasteiger partial charge >= 0.3 is 0 Å². The second-order valence-corrected chi connectivity index (χ2v) is 6.28. The number of benzene rings is 2. The van der Waals surface area contributed by atoms with Crippen molar-refractivity contribution < 1.29 is 9.59 Å². The van der Waals surface area contributed by atoms with Crippen molar-refractivity contribution in [1.29, 1.82) is 0 Å². The van der Waals surface area contributed by atoms with Crippen molar-refractivity contribution in [3.8, 4) is 0 Å². The molecule has 1 amide bonds. The molecule has 0 spiro atoms. The molecule has 0 saturated carbocycles. The molecule has 0 aliphatic heterocycles. The van der Waals surface area contributed by atoms with Crippen molar-refractivity contribution in [2.24, 2.45) is 0 Å². The summed E-state index contributed by atoms with van der Waals surface area (Å²) in [6, 6.07) is 13.4. The average Bonchev–Trinajstić information content (AvgIpc) is 2.90. The zero-order chi connectivity index (χ0) is 17.3. The molecule has 3 heteroatoms. The van der Waals surface area contributed by atoms with E-state index in [2.05, 4.69) is 5.32 Å². The van der Waals surface area contributed by atoms with Crippen molar-refractivity contribution in [3.63, 3.8) is 0 Å². The van der Waals surface area contributed by atoms with Crippen LogP contribution >= 0.6 is 0 Å². The predicted octanol–water partition coefficient (Wildman–Crippen LogP) is 4.02. The zero-order valence-electron chi connectivity index (χ0n) is 14.2. The van der Waals surface area contributed by atoms with Gasteiger partial charge in [0.2, 0.25) is 0 Å². The minimum atomic E-state index is -0.0677. The molecule has 1 N–H and O–H groups in total. The highest BCUT2D eigenvalue weighted by Crippen LogP contribution is 2.35. The first kappa shape index (κ1) is 16.2. The maximum Gasteiger partial charge on any atom is 0.251 e. The fourth-order valence-corrected chi connectivity index (χ4v) is 3.22. The van der Waals surface area contributed by atoms with Crippen LogP contribution in [0.3, 0.4) is 0 Å². The Bertz CT molecular complexity index is 847. The number of amides is 1. The molecule has 2 aromatic rings. The standard InChI is InChI=1S/C21H21NO2/c1-4-14-15(10-7-11-18(14)21(24)22-13(2)3)19-12-20(23)17-9-6-5-8-16(17)19/h5-13H,4H2,1-3H3,(H,22,24). The third-order valence-corrected chi connectivity index (χ3v) is 4.24. The fourth-order valence-electron chi connectivity index (χ4n) is 3.22. The van der Waals surface area contributed by atoms with Crippen LogP contribution in [0.25, 0.3) is 5.57 Å². The topological polar surface area (TPSA) is 46.2 Å². The van der Waals surface area contributed by atoms with Crippen LogP contribution < -0.4 is 5.32 Å². The molecular weight excluding hydrogens is 298 g/mol. The van der Waals surface area contributed by atoms with Crippen molar-refractivity contribution >= 4 is 17.3 Å². The largest absolute Gasteiger partial charge is 0.350 e. The maximum absolute atomic E-state index is 12.5. The van der Waals surface area contributed by atoms with E-state index in [-0.39, 0.29) is 17.7 Å². The third-order valence-electron chi connectivity index (χ3n) is 4.24. The van der Waals surface area contributed by atoms with Crippen LogP contribution in [-0.4, -0.2) is 17.7 Å². The lowest BCUT2D eigenvalue weighted by Crippen LogP contribution is -2.31. The Morgan fingerprint density at radius 1 is 1.00 bits per heavy atom. The smallest absolute Gasteiger partial charge is 0.251 e. The van der Waals surface area contributed by atoms with E-state index < -0.39 is 0 Å². The Hall–Kier alpha value is -2.68. The van der Waals surface area contributed by atoms with E-state index in [4.69, 9.17) is 0 Å². The molecule has 1 aliphatic carbocycles. The number of ketones is 1. The maximum atomic E-state index is 12.5. The molecule has 1 aliphatic rings. The van der Waals surface area contributed by atoms with Crippen molar-refractivity contribution in [1.82, 2.24) is 5.32 Å². The third kappa shape index (κ3) is 2.78. The molecule has 24 heavy (non-hydrogen) atoms. The van der Waals surface area contributed by atoms with Crippen LogP contribution in [0, 0.1) is 0 Å². The molecule has 0 aromatic heterocycles. The van der Waals surface area contributed by atoms with Crippen molar-refractivity contribution in [2.75, 3.05) is 0 Å². The van der Waals surface area contributed by atoms with Crippen LogP contribution in [0.15, 0.2) is 48.5 Å². The summed E-state index contributed by atoms with van der Waals surface area (Å²) >= 11 is 0. The lowest BCUT2D eigenvalue weighted by Gasteiger charge is -2.16. The first-order valence-electron chi connectivity index (χ1n) is 8.31. The van der Waals surface area contributed by atoms with Gasteiger partial charge in [0.1, 0.15) is 0 Å². The van der Waals surface area contributed by atoms with Crippen molar-refractivity contribution in [2.45, 2.75) is 33.2 Å². The number of hydrogen-bond acceptors (Lipinski definition) is 2. The number of hydrogen-bond donors (Lipinski definition) is 1. The van der Waals surface area contributed by atoms with Gasteiger partial charge in [0.15, 0.2) is 5.78 Å². The van der Waals surface area contributed by atoms with Crippen LogP contribution in [0.2, 0.25) is 0 Å². The van der Waals surface area contributed by atoms with Gasteiger partial charge in [-0.05, 0) is 54.7 Å². The molecule has 0 unspecified atom stereocenters. The lowest BCUT2D eigenvalue weighted by molar-refractivity contribution is 0.0941. The average molecular weight is 319 g/mol. The summed E-state index contributed by atoms with van der Waals surface area (Å²) in [4.78, 5) is 24.8. The Kier molecular flexibility index (Phi) is 4.34. The predicted molar refractivity (Wildman–Crippen MR) is 96.3 cm³/mol. The lowest BCUT2D eigenvalue weighted by atomic mass is 9.90. The van der Waals surface area contributed by atoms with Crippen molar-refractivity contribution in [3.05, 3.63) is 76.4 Å². The highest BCUT2D eigenvalue weighted by atomic mass is 16.1. The van der Waals surface area contributed by atoms with Gasteiger partial charge in [0.05, 0.1) is 0 Å². The summed E-state index contributed by atoms with van der Waals surface area (Å²) < 4.78 is 0. The zero-order valence-corrected chi connectivity index (χ0v) is 14.2. The summed E-state index contributed by atoms with van der Waals surface area (Å²) in [5.41, 5.74) is 5.21. The highest BCUT2D eigenvalue weighted by molar-refractivity contribution is 6.19. The van der Waals surface area contributed by atoms with Gasteiger partial charge in [-0.3, -0.25) is 9.59 Å². The normalized spacial score (nSPS) is 13.0. The van der Waals surface area contributed by atoms with E-state index in [1.54, 1.807) is 6.08 Å². The number of carbonyl (C=O) groups is 2. The SMILES string of the molecule is CCc1c(C(=O)NC(C)C)cccc1C1=CC(=O)c2ccccc21. The van der Waals surface area contributed by atoms with Gasteiger partial charge < -0.3 is 5.32 Å². The first-order valence-corrected chi connectivity index (χ1v) is 8.31. The molecular formula is C21H21NO2. The first-order chi connectivity index (χ1) is 11.5. The molecule has 0 atom stereocenters. The van der Waals surface area contributed by atoms with Gasteiger partial charge in [-0.25, -0.2) is 0 Å². The number of nitrogens with one attached hydrogen (secondary N) is 1. The fraction of sp³-hybridized carbons (Fsp3) is 0.238. The minimum Gasteiger partial charge on any atom is -0.350 e. The molecule has 122 valence electrons. The molecule has 0 saturated heterocycles. The minimum absolute atomic E-state index is 0.0275. The molecule has 0 fully saturated rings. The monoisotopic (exact) mass is 319 g/mol. The van der Waals surface area contributed by atoms with Crippen LogP contribution in [-0.2, 0) is 6.42 Å². The summed E-state index contributed by atoms with van der Waals surface area (Å²) in [7, 11) is 0. The van der Waals surface area contributed by atoms with Gasteiger partial charge in [0.25, 0.3) is 5.91 Å². The summed E-state index contributed by atoms with van der Waals surface area (Å²) in [6.07, 6.45) is 2.41. The number of fused-ring (bicyclic) bond motifs is 1. The second-order valence-electron chi connectivity index (χ2n) is 6.28. The molecule has 2 aromatic carbocycles. The number of rotatable bonds is 4. The summed E-state index contributed by atoms with van der Waals surface area (Å²) in [5, 5.41) is 2.95. The Balaban J connectivity index is 2.12. The van der Waals surface area contributed by atoms with E-state index in [0.29, 0.717) is 5.56 Å². The molecule has 3 rings (SSSR count). The summed E-state index contributed by atoms with van der Waals surface area (Å²) in [6.45, 7) is 5.93. The number of carbonyl (C=O) groups excluding carboxylic acids is 2. The van der Waals surface area contributed by atoms with E-state index in [1.807, 2.05) is 63.2 Å². The molecule has 0 heterocycles. The quantitative estimate of drug-likeness (QED) is 0.925. The summed E-state index contributed by atoms with van der Waals surface area (Å²) in [5.74, 6) is -0.0402. The van der Waals surface area contributed by atoms with E-state index in [1.165, 1.54) is 0 Å². The molecule has 0 radical (unpaired) electrons. The van der Waals surface area contributed by atoms with Gasteiger partial charge in [-0.2, -0.15) is 0 Å². The van der Waals surface area contributed by atoms with E-state index in [0.717, 1.165) is 34.2 Å². The second kappa shape index (κ2) is 6.44. The number of allylic oxidation sites excluding steroid dienone is 1.